The van der Waals surface area contributed by atoms with Crippen molar-refractivity contribution in [1.29, 1.82) is 0 Å². The molecular formula is C14H15NO2. The Morgan fingerprint density at radius 2 is 2.24 bits per heavy atom. The highest BCUT2D eigenvalue weighted by atomic mass is 16.5. The summed E-state index contributed by atoms with van der Waals surface area (Å²) in [6.07, 6.45) is 3.45. The minimum atomic E-state index is -0.831. The van der Waals surface area contributed by atoms with Gasteiger partial charge in [-0.1, -0.05) is 12.1 Å². The van der Waals surface area contributed by atoms with Crippen molar-refractivity contribution in [3.8, 4) is 0 Å². The molecule has 3 heteroatoms. The van der Waals surface area contributed by atoms with Gasteiger partial charge < -0.3 is 9.84 Å². The van der Waals surface area contributed by atoms with E-state index in [0.717, 1.165) is 35.9 Å². The van der Waals surface area contributed by atoms with Crippen LogP contribution in [0.1, 0.15) is 18.4 Å². The first kappa shape index (κ1) is 10.7. The summed E-state index contributed by atoms with van der Waals surface area (Å²) in [5, 5.41) is 11.6. The predicted octanol–water partition coefficient (Wildman–Crippen LogP) is 2.23. The van der Waals surface area contributed by atoms with Crippen LogP contribution < -0.4 is 0 Å². The molecule has 0 radical (unpaired) electrons. The lowest BCUT2D eigenvalue weighted by Gasteiger charge is -2.32. The van der Waals surface area contributed by atoms with Crippen molar-refractivity contribution in [1.82, 2.24) is 4.98 Å². The van der Waals surface area contributed by atoms with Crippen LogP contribution in [0.4, 0.5) is 0 Å². The van der Waals surface area contributed by atoms with Crippen LogP contribution >= 0.6 is 0 Å². The van der Waals surface area contributed by atoms with Crippen molar-refractivity contribution in [2.45, 2.75) is 18.4 Å². The summed E-state index contributed by atoms with van der Waals surface area (Å²) in [6, 6.07) is 9.84. The number of benzene rings is 1. The van der Waals surface area contributed by atoms with Crippen LogP contribution in [0.3, 0.4) is 0 Å². The smallest absolute Gasteiger partial charge is 0.113 e. The Labute approximate surface area is 100 Å². The number of aromatic nitrogens is 1. The second-order valence-corrected chi connectivity index (χ2v) is 4.60. The number of nitrogens with zero attached hydrogens (tertiary/aromatic N) is 1. The third kappa shape index (κ3) is 1.92. The Balaban J connectivity index is 2.05. The number of pyridine rings is 1. The molecule has 1 atom stereocenters. The molecule has 0 aliphatic carbocycles. The van der Waals surface area contributed by atoms with Crippen LogP contribution in [0.5, 0.6) is 0 Å². The van der Waals surface area contributed by atoms with Gasteiger partial charge in [0, 0.05) is 18.2 Å². The van der Waals surface area contributed by atoms with Gasteiger partial charge in [-0.3, -0.25) is 4.98 Å². The summed E-state index contributed by atoms with van der Waals surface area (Å²) in [4.78, 5) is 4.28. The molecule has 3 rings (SSSR count). The van der Waals surface area contributed by atoms with E-state index in [1.54, 1.807) is 6.20 Å². The van der Waals surface area contributed by atoms with Crippen molar-refractivity contribution in [2.75, 3.05) is 13.2 Å². The van der Waals surface area contributed by atoms with Crippen molar-refractivity contribution in [2.24, 2.45) is 0 Å². The molecule has 2 heterocycles. The summed E-state index contributed by atoms with van der Waals surface area (Å²) in [6.45, 7) is 1.14. The van der Waals surface area contributed by atoms with E-state index in [1.165, 1.54) is 0 Å². The second kappa shape index (κ2) is 4.09. The van der Waals surface area contributed by atoms with Crippen LogP contribution in [-0.2, 0) is 10.3 Å². The standard InChI is InChI=1S/C14H15NO2/c16-14(6-2-8-17-10-14)12-4-5-13-11(9-12)3-1-7-15-13/h1,3-5,7,9,16H,2,6,8,10H2. The molecule has 0 bridgehead atoms. The molecule has 0 saturated carbocycles. The number of hydrogen-bond acceptors (Lipinski definition) is 3. The Bertz CT molecular complexity index is 532. The lowest BCUT2D eigenvalue weighted by molar-refractivity contribution is -0.0902. The molecule has 3 nitrogen and oxygen atoms in total. The predicted molar refractivity (Wildman–Crippen MR) is 65.7 cm³/mol. The number of hydrogen-bond donors (Lipinski definition) is 1. The first-order valence-electron chi connectivity index (χ1n) is 5.93. The molecule has 1 aliphatic heterocycles. The van der Waals surface area contributed by atoms with Gasteiger partial charge in [0.25, 0.3) is 0 Å². The van der Waals surface area contributed by atoms with E-state index in [-0.39, 0.29) is 0 Å². The molecule has 88 valence electrons. The second-order valence-electron chi connectivity index (χ2n) is 4.60. The third-order valence-corrected chi connectivity index (χ3v) is 3.36. The molecule has 1 aliphatic rings. The van der Waals surface area contributed by atoms with E-state index in [9.17, 15) is 5.11 Å². The maximum Gasteiger partial charge on any atom is 0.113 e. The fourth-order valence-electron chi connectivity index (χ4n) is 2.37. The topological polar surface area (TPSA) is 42.4 Å². The number of fused-ring (bicyclic) bond motifs is 1. The van der Waals surface area contributed by atoms with E-state index in [4.69, 9.17) is 4.74 Å². The molecule has 1 aromatic heterocycles. The average Bonchev–Trinajstić information content (AvgIpc) is 2.39. The molecule has 0 spiro atoms. The number of ether oxygens (including phenoxy) is 1. The zero-order chi connectivity index (χ0) is 11.7. The minimum absolute atomic E-state index is 0.388. The molecule has 2 aromatic rings. The molecule has 17 heavy (non-hydrogen) atoms. The zero-order valence-corrected chi connectivity index (χ0v) is 9.60. The van der Waals surface area contributed by atoms with E-state index < -0.39 is 5.60 Å². The number of aliphatic hydroxyl groups is 1. The fraction of sp³-hybridized carbons (Fsp3) is 0.357. The van der Waals surface area contributed by atoms with Gasteiger partial charge >= 0.3 is 0 Å². The molecule has 1 saturated heterocycles. The van der Waals surface area contributed by atoms with Gasteiger partial charge in [-0.05, 0) is 36.6 Å². The van der Waals surface area contributed by atoms with Crippen molar-refractivity contribution in [3.63, 3.8) is 0 Å². The maximum atomic E-state index is 10.6. The Hall–Kier alpha value is -1.45. The van der Waals surface area contributed by atoms with E-state index in [1.807, 2.05) is 30.3 Å². The largest absolute Gasteiger partial charge is 0.383 e. The van der Waals surface area contributed by atoms with Gasteiger partial charge in [0.05, 0.1) is 12.1 Å². The highest BCUT2D eigenvalue weighted by Gasteiger charge is 2.32. The SMILES string of the molecule is OC1(c2ccc3ncccc3c2)CCCOC1. The molecular weight excluding hydrogens is 214 g/mol. The van der Waals surface area contributed by atoms with Crippen LogP contribution in [0.25, 0.3) is 10.9 Å². The van der Waals surface area contributed by atoms with E-state index in [2.05, 4.69) is 4.98 Å². The summed E-state index contributed by atoms with van der Waals surface area (Å²) in [5.74, 6) is 0. The van der Waals surface area contributed by atoms with Gasteiger partial charge in [0.2, 0.25) is 0 Å². The van der Waals surface area contributed by atoms with Gasteiger partial charge in [-0.2, -0.15) is 0 Å². The van der Waals surface area contributed by atoms with Crippen LogP contribution in [-0.4, -0.2) is 23.3 Å². The van der Waals surface area contributed by atoms with Gasteiger partial charge in [0.1, 0.15) is 5.60 Å². The molecule has 1 unspecified atom stereocenters. The lowest BCUT2D eigenvalue weighted by Crippen LogP contribution is -2.35. The van der Waals surface area contributed by atoms with Gasteiger partial charge in [-0.15, -0.1) is 0 Å². The van der Waals surface area contributed by atoms with Crippen LogP contribution in [0, 0.1) is 0 Å². The fourth-order valence-corrected chi connectivity index (χ4v) is 2.37. The first-order valence-corrected chi connectivity index (χ1v) is 5.93. The highest BCUT2D eigenvalue weighted by Crippen LogP contribution is 2.31. The average molecular weight is 229 g/mol. The summed E-state index contributed by atoms with van der Waals surface area (Å²) in [5.41, 5.74) is 1.05. The van der Waals surface area contributed by atoms with Gasteiger partial charge in [-0.25, -0.2) is 0 Å². The first-order chi connectivity index (χ1) is 8.28. The van der Waals surface area contributed by atoms with Crippen molar-refractivity contribution < 1.29 is 9.84 Å². The monoisotopic (exact) mass is 229 g/mol. The summed E-state index contributed by atoms with van der Waals surface area (Å²) < 4.78 is 5.39. The molecule has 1 aromatic carbocycles. The van der Waals surface area contributed by atoms with Crippen molar-refractivity contribution in [3.05, 3.63) is 42.1 Å². The zero-order valence-electron chi connectivity index (χ0n) is 9.60. The molecule has 1 fully saturated rings. The van der Waals surface area contributed by atoms with Gasteiger partial charge in [0.15, 0.2) is 0 Å². The summed E-state index contributed by atoms with van der Waals surface area (Å²) in [7, 11) is 0. The lowest BCUT2D eigenvalue weighted by atomic mass is 9.88. The van der Waals surface area contributed by atoms with Crippen LogP contribution in [0.2, 0.25) is 0 Å². The minimum Gasteiger partial charge on any atom is -0.383 e. The molecule has 1 N–H and O–H groups in total. The van der Waals surface area contributed by atoms with E-state index in [0.29, 0.717) is 6.61 Å². The van der Waals surface area contributed by atoms with Crippen LogP contribution in [0.15, 0.2) is 36.5 Å². The quantitative estimate of drug-likeness (QED) is 0.815. The Morgan fingerprint density at radius 1 is 1.29 bits per heavy atom. The maximum absolute atomic E-state index is 10.6. The third-order valence-electron chi connectivity index (χ3n) is 3.36. The Kier molecular flexibility index (Phi) is 2.57. The summed E-state index contributed by atoms with van der Waals surface area (Å²) >= 11 is 0. The van der Waals surface area contributed by atoms with E-state index >= 15 is 0 Å². The Morgan fingerprint density at radius 3 is 3.06 bits per heavy atom. The normalized spacial score (nSPS) is 25.0. The number of rotatable bonds is 1. The highest BCUT2D eigenvalue weighted by molar-refractivity contribution is 5.79. The molecule has 0 amide bonds. The van der Waals surface area contributed by atoms with Crippen molar-refractivity contribution >= 4 is 10.9 Å².